The lowest BCUT2D eigenvalue weighted by molar-refractivity contribution is -0.156. The van der Waals surface area contributed by atoms with Crippen LogP contribution < -0.4 is 0 Å². The first-order chi connectivity index (χ1) is 11.5. The summed E-state index contributed by atoms with van der Waals surface area (Å²) in [5.74, 6) is -0.860. The van der Waals surface area contributed by atoms with Crippen LogP contribution in [0.5, 0.6) is 0 Å². The van der Waals surface area contributed by atoms with Crippen molar-refractivity contribution in [3.05, 3.63) is 34.9 Å². The lowest BCUT2D eigenvalue weighted by Gasteiger charge is -2.40. The SMILES string of the molecule is COCC[C@@]1(C(=O)O)CCCN(C(=O)CCc2ccccc2Cl)C1. The molecule has 1 aromatic rings. The van der Waals surface area contributed by atoms with E-state index in [1.54, 1.807) is 12.0 Å². The molecule has 0 unspecified atom stereocenters. The van der Waals surface area contributed by atoms with Gasteiger partial charge in [-0.25, -0.2) is 0 Å². The number of methoxy groups -OCH3 is 1. The zero-order chi connectivity index (χ0) is 17.6. The van der Waals surface area contributed by atoms with Gasteiger partial charge in [-0.15, -0.1) is 0 Å². The van der Waals surface area contributed by atoms with Crippen molar-refractivity contribution in [2.24, 2.45) is 5.41 Å². The van der Waals surface area contributed by atoms with Crippen LogP contribution in [0.4, 0.5) is 0 Å². The molecule has 1 aromatic carbocycles. The van der Waals surface area contributed by atoms with Gasteiger partial charge in [-0.1, -0.05) is 29.8 Å². The second-order valence-electron chi connectivity index (χ2n) is 6.34. The molecule has 5 nitrogen and oxygen atoms in total. The van der Waals surface area contributed by atoms with Crippen LogP contribution in [-0.4, -0.2) is 48.7 Å². The topological polar surface area (TPSA) is 66.8 Å². The van der Waals surface area contributed by atoms with Crippen molar-refractivity contribution in [2.75, 3.05) is 26.8 Å². The first-order valence-corrected chi connectivity index (χ1v) is 8.60. The number of aliphatic carboxylic acids is 1. The molecule has 1 fully saturated rings. The second-order valence-corrected chi connectivity index (χ2v) is 6.75. The molecule has 1 N–H and O–H groups in total. The molecule has 0 radical (unpaired) electrons. The molecule has 2 rings (SSSR count). The minimum atomic E-state index is -0.895. The molecule has 0 bridgehead atoms. The molecule has 132 valence electrons. The first-order valence-electron chi connectivity index (χ1n) is 8.22. The summed E-state index contributed by atoms with van der Waals surface area (Å²) in [6.07, 6.45) is 2.61. The Kier molecular flexibility index (Phi) is 6.63. The van der Waals surface area contributed by atoms with Crippen LogP contribution >= 0.6 is 11.6 Å². The van der Waals surface area contributed by atoms with E-state index in [9.17, 15) is 14.7 Å². The highest BCUT2D eigenvalue weighted by Crippen LogP contribution is 2.34. The number of hydrogen-bond acceptors (Lipinski definition) is 3. The van der Waals surface area contributed by atoms with Gasteiger partial charge >= 0.3 is 5.97 Å². The number of likely N-dealkylation sites (tertiary alicyclic amines) is 1. The maximum atomic E-state index is 12.5. The van der Waals surface area contributed by atoms with E-state index in [-0.39, 0.29) is 12.5 Å². The second kappa shape index (κ2) is 8.49. The summed E-state index contributed by atoms with van der Waals surface area (Å²) >= 11 is 6.12. The van der Waals surface area contributed by atoms with Gasteiger partial charge in [0.05, 0.1) is 5.41 Å². The Morgan fingerprint density at radius 3 is 2.79 bits per heavy atom. The van der Waals surface area contributed by atoms with Gasteiger partial charge in [-0.3, -0.25) is 9.59 Å². The van der Waals surface area contributed by atoms with E-state index >= 15 is 0 Å². The van der Waals surface area contributed by atoms with Crippen molar-refractivity contribution in [1.82, 2.24) is 4.90 Å². The highest BCUT2D eigenvalue weighted by Gasteiger charge is 2.43. The highest BCUT2D eigenvalue weighted by atomic mass is 35.5. The zero-order valence-electron chi connectivity index (χ0n) is 14.0. The molecule has 0 aliphatic carbocycles. The maximum Gasteiger partial charge on any atom is 0.311 e. The third-order valence-corrected chi connectivity index (χ3v) is 5.10. The normalized spacial score (nSPS) is 20.8. The molecule has 1 heterocycles. The number of carbonyl (C=O) groups is 2. The molecule has 1 saturated heterocycles. The molecular weight excluding hydrogens is 330 g/mol. The van der Waals surface area contributed by atoms with Crippen LogP contribution in [0.1, 0.15) is 31.2 Å². The third-order valence-electron chi connectivity index (χ3n) is 4.73. The van der Waals surface area contributed by atoms with E-state index in [4.69, 9.17) is 16.3 Å². The fourth-order valence-electron chi connectivity index (χ4n) is 3.23. The molecule has 1 aliphatic rings. The monoisotopic (exact) mass is 353 g/mol. The number of piperidine rings is 1. The van der Waals surface area contributed by atoms with Crippen LogP contribution in [0.2, 0.25) is 5.02 Å². The van der Waals surface area contributed by atoms with Gasteiger partial charge < -0.3 is 14.7 Å². The van der Waals surface area contributed by atoms with E-state index in [2.05, 4.69) is 0 Å². The Bertz CT molecular complexity index is 592. The number of carbonyl (C=O) groups excluding carboxylic acids is 1. The van der Waals surface area contributed by atoms with Crippen molar-refractivity contribution < 1.29 is 19.4 Å². The molecule has 6 heteroatoms. The van der Waals surface area contributed by atoms with Crippen molar-refractivity contribution in [3.63, 3.8) is 0 Å². The smallest absolute Gasteiger partial charge is 0.311 e. The van der Waals surface area contributed by atoms with Crippen LogP contribution in [0, 0.1) is 5.41 Å². The minimum Gasteiger partial charge on any atom is -0.481 e. The first kappa shape index (κ1) is 18.7. The van der Waals surface area contributed by atoms with Gasteiger partial charge in [0.1, 0.15) is 0 Å². The van der Waals surface area contributed by atoms with E-state index < -0.39 is 11.4 Å². The molecule has 0 saturated carbocycles. The Labute approximate surface area is 147 Å². The number of ether oxygens (including phenoxy) is 1. The fourth-order valence-corrected chi connectivity index (χ4v) is 3.46. The Balaban J connectivity index is 1.98. The average molecular weight is 354 g/mol. The number of carboxylic acid groups (broad SMARTS) is 1. The number of amides is 1. The van der Waals surface area contributed by atoms with Gasteiger partial charge in [-0.2, -0.15) is 0 Å². The van der Waals surface area contributed by atoms with E-state index in [1.165, 1.54) is 0 Å². The largest absolute Gasteiger partial charge is 0.481 e. The Hall–Kier alpha value is -1.59. The molecule has 0 aromatic heterocycles. The third kappa shape index (κ3) is 4.48. The van der Waals surface area contributed by atoms with Crippen molar-refractivity contribution in [3.8, 4) is 0 Å². The van der Waals surface area contributed by atoms with Crippen LogP contribution in [-0.2, 0) is 20.7 Å². The number of carboxylic acids is 1. The summed E-state index contributed by atoms with van der Waals surface area (Å²) in [5, 5.41) is 10.3. The molecule has 24 heavy (non-hydrogen) atoms. The summed E-state index contributed by atoms with van der Waals surface area (Å²) in [7, 11) is 1.56. The summed E-state index contributed by atoms with van der Waals surface area (Å²) in [4.78, 5) is 26.0. The van der Waals surface area contributed by atoms with Gasteiger partial charge in [0.15, 0.2) is 0 Å². The van der Waals surface area contributed by atoms with Gasteiger partial charge in [0.25, 0.3) is 0 Å². The summed E-state index contributed by atoms with van der Waals surface area (Å²) in [5.41, 5.74) is 0.0438. The number of aryl methyl sites for hydroxylation is 1. The molecule has 1 aliphatic heterocycles. The predicted octanol–water partition coefficient (Wildman–Crippen LogP) is 3.00. The van der Waals surface area contributed by atoms with Crippen molar-refractivity contribution in [1.29, 1.82) is 0 Å². The number of nitrogens with zero attached hydrogens (tertiary/aromatic N) is 1. The number of hydrogen-bond donors (Lipinski definition) is 1. The van der Waals surface area contributed by atoms with E-state index in [0.29, 0.717) is 50.3 Å². The molecule has 1 amide bonds. The van der Waals surface area contributed by atoms with Gasteiger partial charge in [-0.05, 0) is 37.3 Å². The number of halogens is 1. The van der Waals surface area contributed by atoms with E-state index in [0.717, 1.165) is 5.56 Å². The lowest BCUT2D eigenvalue weighted by atomic mass is 9.77. The van der Waals surface area contributed by atoms with E-state index in [1.807, 2.05) is 24.3 Å². The molecule has 1 atom stereocenters. The summed E-state index contributed by atoms with van der Waals surface area (Å²) < 4.78 is 5.05. The van der Waals surface area contributed by atoms with Crippen LogP contribution in [0.3, 0.4) is 0 Å². The van der Waals surface area contributed by atoms with Gasteiger partial charge in [0.2, 0.25) is 5.91 Å². The number of rotatable bonds is 7. The van der Waals surface area contributed by atoms with Gasteiger partial charge in [0, 0.05) is 38.2 Å². The highest BCUT2D eigenvalue weighted by molar-refractivity contribution is 6.31. The Morgan fingerprint density at radius 1 is 1.38 bits per heavy atom. The molecule has 0 spiro atoms. The quantitative estimate of drug-likeness (QED) is 0.818. The van der Waals surface area contributed by atoms with Crippen LogP contribution in [0.15, 0.2) is 24.3 Å². The lowest BCUT2D eigenvalue weighted by Crippen LogP contribution is -2.50. The standard InChI is InChI=1S/C18H24ClNO4/c1-24-12-10-18(17(22)23)9-4-11-20(13-18)16(21)8-7-14-5-2-3-6-15(14)19/h2-3,5-6H,4,7-13H2,1H3,(H,22,23)/t18-/m0/s1. The fraction of sp³-hybridized carbons (Fsp3) is 0.556. The van der Waals surface area contributed by atoms with Crippen molar-refractivity contribution in [2.45, 2.75) is 32.1 Å². The van der Waals surface area contributed by atoms with Crippen LogP contribution in [0.25, 0.3) is 0 Å². The maximum absolute atomic E-state index is 12.5. The zero-order valence-corrected chi connectivity index (χ0v) is 14.7. The average Bonchev–Trinajstić information content (AvgIpc) is 2.59. The number of benzene rings is 1. The summed E-state index contributed by atoms with van der Waals surface area (Å²) in [6.45, 7) is 1.25. The Morgan fingerprint density at radius 2 is 2.12 bits per heavy atom. The molecular formula is C18H24ClNO4. The summed E-state index contributed by atoms with van der Waals surface area (Å²) in [6, 6.07) is 7.47. The minimum absolute atomic E-state index is 0.0161. The van der Waals surface area contributed by atoms with Crippen molar-refractivity contribution >= 4 is 23.5 Å². The predicted molar refractivity (Wildman–Crippen MR) is 92.1 cm³/mol.